The summed E-state index contributed by atoms with van der Waals surface area (Å²) in [6.07, 6.45) is -0.896. The lowest BCUT2D eigenvalue weighted by Crippen LogP contribution is -2.41. The molecule has 2 amide bonds. The normalized spacial score (nSPS) is 11.7. The van der Waals surface area contributed by atoms with E-state index in [1.807, 2.05) is 72.8 Å². The molecule has 0 bridgehead atoms. The Bertz CT molecular complexity index is 904. The van der Waals surface area contributed by atoms with Crippen LogP contribution in [-0.2, 0) is 16.1 Å². The van der Waals surface area contributed by atoms with Gasteiger partial charge in [0, 0.05) is 13.1 Å². The highest BCUT2D eigenvalue weighted by molar-refractivity contribution is 6.35. The molecule has 0 heterocycles. The van der Waals surface area contributed by atoms with Crippen LogP contribution in [0.15, 0.2) is 72.8 Å². The van der Waals surface area contributed by atoms with E-state index >= 15 is 0 Å². The van der Waals surface area contributed by atoms with Crippen LogP contribution in [-0.4, -0.2) is 23.5 Å². The van der Waals surface area contributed by atoms with Gasteiger partial charge in [0.05, 0.1) is 6.10 Å². The minimum absolute atomic E-state index is 0.0361. The quantitative estimate of drug-likeness (QED) is 0.619. The summed E-state index contributed by atoms with van der Waals surface area (Å²) in [6, 6.07) is 22.7. The first-order valence-electron chi connectivity index (χ1n) is 8.41. The van der Waals surface area contributed by atoms with Crippen molar-refractivity contribution < 1.29 is 14.7 Å². The zero-order valence-corrected chi connectivity index (χ0v) is 14.2. The average molecular weight is 348 g/mol. The predicted octanol–water partition coefficient (Wildman–Crippen LogP) is 2.31. The van der Waals surface area contributed by atoms with Crippen LogP contribution in [0, 0.1) is 0 Å². The molecule has 0 aliphatic carbocycles. The van der Waals surface area contributed by atoms with Crippen LogP contribution < -0.4 is 10.6 Å². The Kier molecular flexibility index (Phi) is 5.61. The largest absolute Gasteiger partial charge is 0.387 e. The molecule has 5 heteroatoms. The van der Waals surface area contributed by atoms with Gasteiger partial charge in [0.2, 0.25) is 0 Å². The SMILES string of the molecule is O=C(NCc1ccccc1)C(=O)NCC(O)c1cccc2ccccc12. The van der Waals surface area contributed by atoms with Crippen molar-refractivity contribution in [3.63, 3.8) is 0 Å². The Hall–Kier alpha value is -3.18. The number of hydrogen-bond donors (Lipinski definition) is 3. The maximum Gasteiger partial charge on any atom is 0.309 e. The number of fused-ring (bicyclic) bond motifs is 1. The van der Waals surface area contributed by atoms with E-state index in [4.69, 9.17) is 0 Å². The summed E-state index contributed by atoms with van der Waals surface area (Å²) < 4.78 is 0. The first kappa shape index (κ1) is 17.6. The standard InChI is InChI=1S/C21H20N2O3/c24-19(18-12-6-10-16-9-4-5-11-17(16)18)14-23-21(26)20(25)22-13-15-7-2-1-3-8-15/h1-12,19,24H,13-14H2,(H,22,25)(H,23,26). The minimum Gasteiger partial charge on any atom is -0.387 e. The minimum atomic E-state index is -0.896. The zero-order valence-electron chi connectivity index (χ0n) is 14.2. The molecule has 0 fully saturated rings. The molecule has 0 aliphatic rings. The van der Waals surface area contributed by atoms with Gasteiger partial charge in [0.25, 0.3) is 0 Å². The lowest BCUT2D eigenvalue weighted by molar-refractivity contribution is -0.139. The number of nitrogens with one attached hydrogen (secondary N) is 2. The lowest BCUT2D eigenvalue weighted by Gasteiger charge is -2.14. The molecular formula is C21H20N2O3. The first-order chi connectivity index (χ1) is 12.6. The molecular weight excluding hydrogens is 328 g/mol. The fraction of sp³-hybridized carbons (Fsp3) is 0.143. The number of carbonyl (C=O) groups excluding carboxylic acids is 2. The number of benzene rings is 3. The number of carbonyl (C=O) groups is 2. The third kappa shape index (κ3) is 4.26. The fourth-order valence-corrected chi connectivity index (χ4v) is 2.78. The molecule has 3 N–H and O–H groups in total. The fourth-order valence-electron chi connectivity index (χ4n) is 2.78. The summed E-state index contributed by atoms with van der Waals surface area (Å²) in [5.74, 6) is -1.49. The molecule has 0 radical (unpaired) electrons. The third-order valence-corrected chi connectivity index (χ3v) is 4.14. The Labute approximate surface area is 151 Å². The molecule has 0 aromatic heterocycles. The topological polar surface area (TPSA) is 78.4 Å². The molecule has 5 nitrogen and oxygen atoms in total. The number of hydrogen-bond acceptors (Lipinski definition) is 3. The molecule has 0 spiro atoms. The van der Waals surface area contributed by atoms with E-state index in [-0.39, 0.29) is 13.1 Å². The molecule has 3 aromatic carbocycles. The summed E-state index contributed by atoms with van der Waals surface area (Å²) in [4.78, 5) is 23.8. The van der Waals surface area contributed by atoms with Crippen molar-refractivity contribution in [2.45, 2.75) is 12.6 Å². The Morgan fingerprint density at radius 1 is 0.808 bits per heavy atom. The third-order valence-electron chi connectivity index (χ3n) is 4.14. The summed E-state index contributed by atoms with van der Waals surface area (Å²) >= 11 is 0. The molecule has 26 heavy (non-hydrogen) atoms. The van der Waals surface area contributed by atoms with E-state index in [9.17, 15) is 14.7 Å². The first-order valence-corrected chi connectivity index (χ1v) is 8.41. The molecule has 3 rings (SSSR count). The number of rotatable bonds is 5. The summed E-state index contributed by atoms with van der Waals surface area (Å²) in [7, 11) is 0. The second kappa shape index (κ2) is 8.27. The van der Waals surface area contributed by atoms with E-state index in [2.05, 4.69) is 10.6 Å². The van der Waals surface area contributed by atoms with E-state index in [1.54, 1.807) is 0 Å². The molecule has 3 aromatic rings. The van der Waals surface area contributed by atoms with Crippen LogP contribution in [0.4, 0.5) is 0 Å². The zero-order chi connectivity index (χ0) is 18.4. The van der Waals surface area contributed by atoms with Gasteiger partial charge < -0.3 is 15.7 Å². The van der Waals surface area contributed by atoms with Crippen molar-refractivity contribution in [2.24, 2.45) is 0 Å². The Morgan fingerprint density at radius 3 is 2.27 bits per heavy atom. The molecule has 132 valence electrons. The van der Waals surface area contributed by atoms with Gasteiger partial charge in [-0.15, -0.1) is 0 Å². The van der Waals surface area contributed by atoms with E-state index < -0.39 is 17.9 Å². The Morgan fingerprint density at radius 2 is 1.46 bits per heavy atom. The number of aliphatic hydroxyl groups is 1. The van der Waals surface area contributed by atoms with Crippen molar-refractivity contribution in [1.29, 1.82) is 0 Å². The number of aliphatic hydroxyl groups excluding tert-OH is 1. The van der Waals surface area contributed by atoms with Crippen molar-refractivity contribution in [3.8, 4) is 0 Å². The Balaban J connectivity index is 1.55. The van der Waals surface area contributed by atoms with Crippen molar-refractivity contribution in [3.05, 3.63) is 83.9 Å². The van der Waals surface area contributed by atoms with Crippen LogP contribution in [0.5, 0.6) is 0 Å². The molecule has 0 aliphatic heterocycles. The van der Waals surface area contributed by atoms with Gasteiger partial charge in [-0.1, -0.05) is 72.8 Å². The highest BCUT2D eigenvalue weighted by Crippen LogP contribution is 2.23. The van der Waals surface area contributed by atoms with Crippen molar-refractivity contribution >= 4 is 22.6 Å². The van der Waals surface area contributed by atoms with E-state index in [0.29, 0.717) is 5.56 Å². The van der Waals surface area contributed by atoms with Gasteiger partial charge >= 0.3 is 11.8 Å². The van der Waals surface area contributed by atoms with Crippen LogP contribution in [0.2, 0.25) is 0 Å². The van der Waals surface area contributed by atoms with Gasteiger partial charge in [0.1, 0.15) is 0 Å². The average Bonchev–Trinajstić information content (AvgIpc) is 2.70. The maximum absolute atomic E-state index is 11.9. The molecule has 0 saturated carbocycles. The summed E-state index contributed by atoms with van der Waals surface area (Å²) in [6.45, 7) is 0.241. The van der Waals surface area contributed by atoms with E-state index in [1.165, 1.54) is 0 Å². The van der Waals surface area contributed by atoms with Gasteiger partial charge in [-0.05, 0) is 21.9 Å². The second-order valence-corrected chi connectivity index (χ2v) is 5.96. The highest BCUT2D eigenvalue weighted by Gasteiger charge is 2.16. The van der Waals surface area contributed by atoms with Crippen LogP contribution >= 0.6 is 0 Å². The summed E-state index contributed by atoms with van der Waals surface area (Å²) in [5, 5.41) is 17.4. The summed E-state index contributed by atoms with van der Waals surface area (Å²) in [5.41, 5.74) is 1.62. The maximum atomic E-state index is 11.9. The molecule has 1 unspecified atom stereocenters. The predicted molar refractivity (Wildman–Crippen MR) is 100 cm³/mol. The lowest BCUT2D eigenvalue weighted by atomic mass is 10.0. The highest BCUT2D eigenvalue weighted by atomic mass is 16.3. The van der Waals surface area contributed by atoms with Crippen LogP contribution in [0.3, 0.4) is 0 Å². The molecule has 0 saturated heterocycles. The van der Waals surface area contributed by atoms with Gasteiger partial charge in [0.15, 0.2) is 0 Å². The molecule has 1 atom stereocenters. The van der Waals surface area contributed by atoms with Gasteiger partial charge in [-0.3, -0.25) is 9.59 Å². The van der Waals surface area contributed by atoms with Crippen LogP contribution in [0.1, 0.15) is 17.2 Å². The second-order valence-electron chi connectivity index (χ2n) is 5.96. The van der Waals surface area contributed by atoms with Crippen LogP contribution in [0.25, 0.3) is 10.8 Å². The monoisotopic (exact) mass is 348 g/mol. The smallest absolute Gasteiger partial charge is 0.309 e. The van der Waals surface area contributed by atoms with Gasteiger partial charge in [-0.2, -0.15) is 0 Å². The van der Waals surface area contributed by atoms with Crippen molar-refractivity contribution in [2.75, 3.05) is 6.54 Å². The van der Waals surface area contributed by atoms with Gasteiger partial charge in [-0.25, -0.2) is 0 Å². The van der Waals surface area contributed by atoms with E-state index in [0.717, 1.165) is 16.3 Å². The number of amides is 2. The van der Waals surface area contributed by atoms with Crippen molar-refractivity contribution in [1.82, 2.24) is 10.6 Å².